The van der Waals surface area contributed by atoms with Crippen LogP contribution in [0.2, 0.25) is 0 Å². The Morgan fingerprint density at radius 3 is 2.72 bits per heavy atom. The molecule has 39 heavy (non-hydrogen) atoms. The van der Waals surface area contributed by atoms with Gasteiger partial charge in [0.05, 0.1) is 12.2 Å². The summed E-state index contributed by atoms with van der Waals surface area (Å²) < 4.78 is 25.0. The van der Waals surface area contributed by atoms with E-state index in [-0.39, 0.29) is 30.0 Å². The molecule has 1 aliphatic carbocycles. The number of aliphatic imine (C=N–C) groups is 1. The first-order valence-electron chi connectivity index (χ1n) is 13.0. The predicted molar refractivity (Wildman–Crippen MR) is 142 cm³/mol. The van der Waals surface area contributed by atoms with Gasteiger partial charge in [0, 0.05) is 23.2 Å². The molecule has 204 valence electrons. The fraction of sp³-hybridized carbons (Fsp3) is 0.393. The first-order valence-corrected chi connectivity index (χ1v) is 13.8. The minimum atomic E-state index is -1.12. The zero-order valence-electron chi connectivity index (χ0n) is 21.6. The van der Waals surface area contributed by atoms with Gasteiger partial charge in [0.2, 0.25) is 0 Å². The lowest BCUT2D eigenvalue weighted by Gasteiger charge is -2.31. The molecule has 2 aliphatic rings. The molecule has 0 amide bonds. The third kappa shape index (κ3) is 5.63. The van der Waals surface area contributed by atoms with Crippen molar-refractivity contribution in [1.82, 2.24) is 15.3 Å². The number of thiazole rings is 1. The van der Waals surface area contributed by atoms with Crippen LogP contribution in [0.15, 0.2) is 56.7 Å². The second kappa shape index (κ2) is 11.5. The molecule has 1 aromatic carbocycles. The second-order valence-electron chi connectivity index (χ2n) is 9.67. The topological polar surface area (TPSA) is 127 Å². The molecular formula is C28H29FN4O5S. The lowest BCUT2D eigenvalue weighted by molar-refractivity contribution is -0.139. The number of rotatable bonds is 7. The van der Waals surface area contributed by atoms with Crippen molar-refractivity contribution < 1.29 is 28.2 Å². The van der Waals surface area contributed by atoms with Crippen LogP contribution < -0.4 is 5.32 Å². The van der Waals surface area contributed by atoms with E-state index in [1.165, 1.54) is 29.7 Å². The smallest absolute Gasteiger partial charge is 0.357 e. The molecule has 0 spiro atoms. The number of carbonyl (C=O) groups excluding carboxylic acids is 1. The summed E-state index contributed by atoms with van der Waals surface area (Å²) >= 11 is 1.44. The largest absolute Gasteiger partial charge is 0.476 e. The van der Waals surface area contributed by atoms with E-state index in [9.17, 15) is 19.1 Å². The molecule has 3 atom stereocenters. The second-order valence-corrected chi connectivity index (χ2v) is 10.6. The fourth-order valence-corrected chi connectivity index (χ4v) is 5.94. The maximum atomic E-state index is 14.0. The molecule has 0 bridgehead atoms. The number of oxazole rings is 1. The summed E-state index contributed by atoms with van der Waals surface area (Å²) in [5.41, 5.74) is 2.46. The van der Waals surface area contributed by atoms with Crippen molar-refractivity contribution >= 4 is 29.1 Å². The van der Waals surface area contributed by atoms with E-state index in [1.807, 2.05) is 5.38 Å². The van der Waals surface area contributed by atoms with Crippen molar-refractivity contribution in [2.75, 3.05) is 6.61 Å². The summed E-state index contributed by atoms with van der Waals surface area (Å²) in [7, 11) is 0. The molecule has 1 unspecified atom stereocenters. The SMILES string of the molecule is CCOC(=O)C1=C([C@@H]2CCC[C@@H](c3nc(C(=O)O)co3)CC2)NC(c2nccs2)=NC1c1ccc(F)cc1C. The van der Waals surface area contributed by atoms with Crippen LogP contribution in [0.1, 0.15) is 83.5 Å². The Morgan fingerprint density at radius 1 is 1.23 bits per heavy atom. The number of esters is 1. The third-order valence-electron chi connectivity index (χ3n) is 7.20. The van der Waals surface area contributed by atoms with Gasteiger partial charge in [0.25, 0.3) is 0 Å². The van der Waals surface area contributed by atoms with Crippen LogP contribution in [0.4, 0.5) is 4.39 Å². The molecule has 11 heteroatoms. The molecule has 9 nitrogen and oxygen atoms in total. The number of aromatic nitrogens is 2. The molecule has 1 aliphatic heterocycles. The Labute approximate surface area is 228 Å². The molecule has 0 saturated heterocycles. The van der Waals surface area contributed by atoms with Crippen molar-refractivity contribution in [3.8, 4) is 0 Å². The molecular weight excluding hydrogens is 523 g/mol. The first-order chi connectivity index (χ1) is 18.9. The average molecular weight is 553 g/mol. The van der Waals surface area contributed by atoms with Gasteiger partial charge in [0.15, 0.2) is 22.4 Å². The first kappa shape index (κ1) is 26.7. The summed E-state index contributed by atoms with van der Waals surface area (Å²) in [6, 6.07) is 3.80. The normalized spacial score (nSPS) is 21.6. The van der Waals surface area contributed by atoms with Gasteiger partial charge in [0.1, 0.15) is 18.1 Å². The van der Waals surface area contributed by atoms with E-state index in [4.69, 9.17) is 14.1 Å². The summed E-state index contributed by atoms with van der Waals surface area (Å²) in [4.78, 5) is 38.3. The number of amidine groups is 1. The Morgan fingerprint density at radius 2 is 2.03 bits per heavy atom. The molecule has 2 aromatic heterocycles. The van der Waals surface area contributed by atoms with Crippen molar-refractivity contribution in [1.29, 1.82) is 0 Å². The molecule has 3 heterocycles. The van der Waals surface area contributed by atoms with Gasteiger partial charge in [-0.1, -0.05) is 12.5 Å². The van der Waals surface area contributed by atoms with Gasteiger partial charge in [-0.05, 0) is 68.7 Å². The summed E-state index contributed by atoms with van der Waals surface area (Å²) in [5, 5.41) is 15.2. The number of aryl methyl sites for hydroxylation is 1. The number of nitrogens with zero attached hydrogens (tertiary/aromatic N) is 3. The standard InChI is InChI=1S/C28H29FN4O5S/c1-3-37-28(36)21-22(16-5-4-6-17(8-7-16)25-31-20(14-38-25)27(34)35)32-24(26-30-11-12-39-26)33-23(21)19-10-9-18(29)13-15(19)2/h9-14,16-17,23H,3-8H2,1-2H3,(H,32,33)(H,34,35)/t16-,17-,23?/m1/s1. The maximum absolute atomic E-state index is 14.0. The number of aromatic carboxylic acids is 1. The van der Waals surface area contributed by atoms with Crippen molar-refractivity contribution in [2.24, 2.45) is 10.9 Å². The van der Waals surface area contributed by atoms with Crippen LogP contribution in [0, 0.1) is 18.7 Å². The van der Waals surface area contributed by atoms with Gasteiger partial charge in [-0.25, -0.2) is 23.9 Å². The number of carboxylic acid groups (broad SMARTS) is 1. The summed E-state index contributed by atoms with van der Waals surface area (Å²) in [6.07, 6.45) is 6.68. The van der Waals surface area contributed by atoms with Crippen molar-refractivity contribution in [3.63, 3.8) is 0 Å². The van der Waals surface area contributed by atoms with E-state index in [0.717, 1.165) is 30.5 Å². The van der Waals surface area contributed by atoms with E-state index in [0.29, 0.717) is 40.7 Å². The van der Waals surface area contributed by atoms with E-state index < -0.39 is 18.0 Å². The lowest BCUT2D eigenvalue weighted by Crippen LogP contribution is -2.37. The van der Waals surface area contributed by atoms with E-state index in [1.54, 1.807) is 26.1 Å². The summed E-state index contributed by atoms with van der Waals surface area (Å²) in [5.74, 6) is -1.02. The number of halogens is 1. The lowest BCUT2D eigenvalue weighted by atomic mass is 9.85. The van der Waals surface area contributed by atoms with Crippen molar-refractivity contribution in [2.45, 2.75) is 57.9 Å². The molecule has 1 fully saturated rings. The molecule has 2 N–H and O–H groups in total. The number of ether oxygens (including phenoxy) is 1. The van der Waals surface area contributed by atoms with Gasteiger partial charge in [-0.2, -0.15) is 0 Å². The third-order valence-corrected chi connectivity index (χ3v) is 7.98. The van der Waals surface area contributed by atoms with Gasteiger partial charge in [-0.3, -0.25) is 4.99 Å². The number of allylic oxidation sites excluding steroid dienone is 1. The van der Waals surface area contributed by atoms with Gasteiger partial charge in [-0.15, -0.1) is 11.3 Å². The maximum Gasteiger partial charge on any atom is 0.357 e. The van der Waals surface area contributed by atoms with E-state index in [2.05, 4.69) is 15.3 Å². The minimum Gasteiger partial charge on any atom is -0.476 e. The van der Waals surface area contributed by atoms with Crippen molar-refractivity contribution in [3.05, 3.63) is 80.8 Å². The number of carboxylic acids is 1. The van der Waals surface area contributed by atoms with Gasteiger partial charge >= 0.3 is 11.9 Å². The Bertz CT molecular complexity index is 1430. The monoisotopic (exact) mass is 552 g/mol. The highest BCUT2D eigenvalue weighted by Crippen LogP contribution is 2.42. The summed E-state index contributed by atoms with van der Waals surface area (Å²) in [6.45, 7) is 3.77. The quantitative estimate of drug-likeness (QED) is 0.289. The fourth-order valence-electron chi connectivity index (χ4n) is 5.35. The Balaban J connectivity index is 1.54. The number of benzene rings is 1. The molecule has 3 aromatic rings. The molecule has 1 saturated carbocycles. The number of nitrogens with one attached hydrogen (secondary N) is 1. The van der Waals surface area contributed by atoms with Crippen LogP contribution >= 0.6 is 11.3 Å². The predicted octanol–water partition coefficient (Wildman–Crippen LogP) is 5.55. The molecule has 0 radical (unpaired) electrons. The number of carbonyl (C=O) groups is 2. The molecule has 5 rings (SSSR count). The highest BCUT2D eigenvalue weighted by molar-refractivity contribution is 7.11. The highest BCUT2D eigenvalue weighted by atomic mass is 32.1. The van der Waals surface area contributed by atoms with Crippen LogP contribution in [0.5, 0.6) is 0 Å². The van der Waals surface area contributed by atoms with Crippen LogP contribution in [-0.2, 0) is 9.53 Å². The average Bonchev–Trinajstić information content (AvgIpc) is 3.57. The van der Waals surface area contributed by atoms with E-state index >= 15 is 0 Å². The van der Waals surface area contributed by atoms with Gasteiger partial charge < -0.3 is 19.6 Å². The Kier molecular flexibility index (Phi) is 7.87. The zero-order valence-corrected chi connectivity index (χ0v) is 22.5. The van der Waals surface area contributed by atoms with Crippen LogP contribution in [0.3, 0.4) is 0 Å². The van der Waals surface area contributed by atoms with Crippen LogP contribution in [-0.4, -0.2) is 39.5 Å². The highest BCUT2D eigenvalue weighted by Gasteiger charge is 2.37. The number of hydrogen-bond donors (Lipinski definition) is 2. The van der Waals surface area contributed by atoms with Crippen LogP contribution in [0.25, 0.3) is 0 Å². The Hall–Kier alpha value is -3.86. The zero-order chi connectivity index (χ0) is 27.5. The number of hydrogen-bond acceptors (Lipinski definition) is 9. The minimum absolute atomic E-state index is 0.0272.